The number of nitrogens with one attached hydrogen (secondary N) is 1. The minimum atomic E-state index is -0.0640. The van der Waals surface area contributed by atoms with E-state index in [1.807, 2.05) is 43.3 Å². The maximum atomic E-state index is 12.6. The lowest BCUT2D eigenvalue weighted by Crippen LogP contribution is -2.28. The second-order valence-corrected chi connectivity index (χ2v) is 6.36. The molecule has 3 heteroatoms. The first-order valence-corrected chi connectivity index (χ1v) is 8.20. The van der Waals surface area contributed by atoms with Crippen LogP contribution in [0, 0.1) is 0 Å². The van der Waals surface area contributed by atoms with E-state index in [1.54, 1.807) is 0 Å². The predicted octanol–water partition coefficient (Wildman–Crippen LogP) is 4.10. The number of hydrogen-bond acceptors (Lipinski definition) is 2. The summed E-state index contributed by atoms with van der Waals surface area (Å²) in [6.07, 6.45) is 0.113. The molecule has 3 nitrogen and oxygen atoms in total. The zero-order valence-corrected chi connectivity index (χ0v) is 13.9. The second kappa shape index (κ2) is 6.45. The summed E-state index contributed by atoms with van der Waals surface area (Å²) in [5.74, 6) is 1.28. The van der Waals surface area contributed by atoms with Crippen molar-refractivity contribution in [1.82, 2.24) is 5.32 Å². The van der Waals surface area contributed by atoms with Gasteiger partial charge in [-0.05, 0) is 24.5 Å². The van der Waals surface area contributed by atoms with E-state index in [-0.39, 0.29) is 17.9 Å². The number of rotatable bonds is 4. The molecule has 0 aromatic heterocycles. The summed E-state index contributed by atoms with van der Waals surface area (Å²) in [7, 11) is 0. The predicted molar refractivity (Wildman–Crippen MR) is 92.1 cm³/mol. The van der Waals surface area contributed by atoms with Gasteiger partial charge in [0.05, 0.1) is 5.56 Å². The maximum absolute atomic E-state index is 12.6. The molecule has 1 heterocycles. The molecule has 1 amide bonds. The van der Waals surface area contributed by atoms with Gasteiger partial charge in [0, 0.05) is 18.0 Å². The van der Waals surface area contributed by atoms with Crippen molar-refractivity contribution < 1.29 is 9.53 Å². The van der Waals surface area contributed by atoms with E-state index in [2.05, 4.69) is 31.3 Å². The molecule has 3 rings (SSSR count). The average Bonchev–Trinajstić information content (AvgIpc) is 2.88. The molecular formula is C20H23NO2. The van der Waals surface area contributed by atoms with Gasteiger partial charge in [-0.1, -0.05) is 56.3 Å². The number of carbonyl (C=O) groups excluding carboxylic acids is 1. The van der Waals surface area contributed by atoms with Crippen LogP contribution < -0.4 is 10.1 Å². The minimum absolute atomic E-state index is 0.0640. The summed E-state index contributed by atoms with van der Waals surface area (Å²) in [5.41, 5.74) is 2.99. The Hall–Kier alpha value is -2.29. The van der Waals surface area contributed by atoms with E-state index in [1.165, 1.54) is 5.56 Å². The summed E-state index contributed by atoms with van der Waals surface area (Å²) >= 11 is 0. The molecule has 0 aliphatic carbocycles. The largest absolute Gasteiger partial charge is 0.489 e. The van der Waals surface area contributed by atoms with Crippen LogP contribution in [0.5, 0.6) is 5.75 Å². The number of para-hydroxylation sites is 1. The highest BCUT2D eigenvalue weighted by molar-refractivity contribution is 5.97. The molecule has 0 bridgehead atoms. The van der Waals surface area contributed by atoms with Crippen LogP contribution in [0.25, 0.3) is 0 Å². The molecule has 0 saturated heterocycles. The van der Waals surface area contributed by atoms with E-state index in [9.17, 15) is 4.79 Å². The van der Waals surface area contributed by atoms with Crippen LogP contribution in [0.2, 0.25) is 0 Å². The third kappa shape index (κ3) is 3.09. The van der Waals surface area contributed by atoms with Gasteiger partial charge in [-0.2, -0.15) is 0 Å². The zero-order chi connectivity index (χ0) is 16.4. The molecule has 0 spiro atoms. The molecule has 0 fully saturated rings. The molecule has 0 radical (unpaired) electrons. The van der Waals surface area contributed by atoms with Crippen LogP contribution in [-0.4, -0.2) is 18.6 Å². The Balaban J connectivity index is 1.71. The molecule has 3 atom stereocenters. The Morgan fingerprint density at radius 3 is 2.61 bits per heavy atom. The van der Waals surface area contributed by atoms with Crippen molar-refractivity contribution in [2.24, 2.45) is 0 Å². The standard InChI is InChI=1S/C20H23NO2/c1-13(16-8-5-4-6-9-16)12-21-20(22)18-11-7-10-17-14(2)15(3)23-19(17)18/h4-11,13-15H,12H2,1-3H3,(H,21,22). The van der Waals surface area contributed by atoms with Crippen molar-refractivity contribution in [3.05, 3.63) is 65.2 Å². The van der Waals surface area contributed by atoms with Crippen molar-refractivity contribution in [3.63, 3.8) is 0 Å². The normalized spacial score (nSPS) is 20.5. The van der Waals surface area contributed by atoms with Crippen LogP contribution in [0.3, 0.4) is 0 Å². The summed E-state index contributed by atoms with van der Waals surface area (Å²) in [5, 5.41) is 3.04. The fraction of sp³-hybridized carbons (Fsp3) is 0.350. The van der Waals surface area contributed by atoms with Crippen molar-refractivity contribution in [2.75, 3.05) is 6.54 Å². The third-order valence-electron chi connectivity index (χ3n) is 4.73. The van der Waals surface area contributed by atoms with Crippen LogP contribution in [0.1, 0.15) is 54.1 Å². The van der Waals surface area contributed by atoms with Gasteiger partial charge >= 0.3 is 0 Å². The van der Waals surface area contributed by atoms with E-state index in [0.29, 0.717) is 18.0 Å². The quantitative estimate of drug-likeness (QED) is 0.923. The Labute approximate surface area is 137 Å². The van der Waals surface area contributed by atoms with Gasteiger partial charge in [-0.3, -0.25) is 4.79 Å². The Morgan fingerprint density at radius 2 is 1.87 bits per heavy atom. The molecule has 2 aromatic rings. The zero-order valence-electron chi connectivity index (χ0n) is 13.9. The molecule has 2 aromatic carbocycles. The van der Waals surface area contributed by atoms with Gasteiger partial charge in [-0.15, -0.1) is 0 Å². The molecule has 1 N–H and O–H groups in total. The number of hydrogen-bond donors (Lipinski definition) is 1. The van der Waals surface area contributed by atoms with Crippen LogP contribution >= 0.6 is 0 Å². The van der Waals surface area contributed by atoms with Gasteiger partial charge in [0.25, 0.3) is 5.91 Å². The first-order valence-electron chi connectivity index (χ1n) is 8.20. The lowest BCUT2D eigenvalue weighted by atomic mass is 9.96. The first kappa shape index (κ1) is 15.6. The fourth-order valence-electron chi connectivity index (χ4n) is 3.01. The molecule has 120 valence electrons. The molecule has 0 saturated carbocycles. The molecule has 23 heavy (non-hydrogen) atoms. The molecule has 1 aliphatic heterocycles. The topological polar surface area (TPSA) is 38.3 Å². The van der Waals surface area contributed by atoms with Crippen LogP contribution in [0.4, 0.5) is 0 Å². The summed E-state index contributed by atoms with van der Waals surface area (Å²) in [6, 6.07) is 16.0. The van der Waals surface area contributed by atoms with E-state index < -0.39 is 0 Å². The monoisotopic (exact) mass is 309 g/mol. The van der Waals surface area contributed by atoms with Gasteiger partial charge in [0.2, 0.25) is 0 Å². The van der Waals surface area contributed by atoms with Crippen LogP contribution in [-0.2, 0) is 0 Å². The van der Waals surface area contributed by atoms with Gasteiger partial charge in [0.15, 0.2) is 0 Å². The fourth-order valence-corrected chi connectivity index (χ4v) is 3.01. The number of ether oxygens (including phenoxy) is 1. The Morgan fingerprint density at radius 1 is 1.13 bits per heavy atom. The first-order chi connectivity index (χ1) is 11.1. The number of amides is 1. The number of benzene rings is 2. The lowest BCUT2D eigenvalue weighted by Gasteiger charge is -2.14. The van der Waals surface area contributed by atoms with E-state index in [4.69, 9.17) is 4.74 Å². The smallest absolute Gasteiger partial charge is 0.255 e. The Kier molecular flexibility index (Phi) is 4.37. The van der Waals surface area contributed by atoms with Gasteiger partial charge in [-0.25, -0.2) is 0 Å². The number of carbonyl (C=O) groups is 1. The maximum Gasteiger partial charge on any atom is 0.255 e. The molecular weight excluding hydrogens is 286 g/mol. The third-order valence-corrected chi connectivity index (χ3v) is 4.73. The molecule has 1 aliphatic rings. The highest BCUT2D eigenvalue weighted by Gasteiger charge is 2.31. The van der Waals surface area contributed by atoms with E-state index >= 15 is 0 Å². The van der Waals surface area contributed by atoms with Crippen molar-refractivity contribution in [3.8, 4) is 5.75 Å². The van der Waals surface area contributed by atoms with Gasteiger partial charge in [0.1, 0.15) is 11.9 Å². The second-order valence-electron chi connectivity index (χ2n) is 6.36. The molecule has 3 unspecified atom stereocenters. The van der Waals surface area contributed by atoms with Crippen LogP contribution in [0.15, 0.2) is 48.5 Å². The summed E-state index contributed by atoms with van der Waals surface area (Å²) in [6.45, 7) is 6.91. The summed E-state index contributed by atoms with van der Waals surface area (Å²) in [4.78, 5) is 12.6. The van der Waals surface area contributed by atoms with Crippen molar-refractivity contribution in [2.45, 2.75) is 38.7 Å². The van der Waals surface area contributed by atoms with Gasteiger partial charge < -0.3 is 10.1 Å². The summed E-state index contributed by atoms with van der Waals surface area (Å²) < 4.78 is 5.90. The van der Waals surface area contributed by atoms with E-state index in [0.717, 1.165) is 11.3 Å². The highest BCUT2D eigenvalue weighted by atomic mass is 16.5. The van der Waals surface area contributed by atoms with Crippen molar-refractivity contribution in [1.29, 1.82) is 0 Å². The SMILES string of the molecule is CC(CNC(=O)c1cccc2c1OC(C)C2C)c1ccccc1. The number of fused-ring (bicyclic) bond motifs is 1. The Bertz CT molecular complexity index is 696. The minimum Gasteiger partial charge on any atom is -0.489 e. The highest BCUT2D eigenvalue weighted by Crippen LogP contribution is 2.40. The average molecular weight is 309 g/mol. The lowest BCUT2D eigenvalue weighted by molar-refractivity contribution is 0.0946. The van der Waals surface area contributed by atoms with Crippen molar-refractivity contribution >= 4 is 5.91 Å².